The number of hydrogen-bond acceptors (Lipinski definition) is 2. The Bertz CT molecular complexity index is 607. The molecule has 3 rings (SSSR count). The van der Waals surface area contributed by atoms with E-state index in [0.29, 0.717) is 29.5 Å². The van der Waals surface area contributed by atoms with Crippen LogP contribution in [-0.4, -0.2) is 6.04 Å². The Morgan fingerprint density at radius 2 is 1.95 bits per heavy atom. The highest BCUT2D eigenvalue weighted by Gasteiger charge is 2.22. The van der Waals surface area contributed by atoms with Gasteiger partial charge in [-0.1, -0.05) is 11.6 Å². The molecule has 1 heterocycles. The predicted octanol–water partition coefficient (Wildman–Crippen LogP) is 4.13. The van der Waals surface area contributed by atoms with Crippen LogP contribution in [0.1, 0.15) is 18.6 Å². The summed E-state index contributed by atoms with van der Waals surface area (Å²) in [5.74, 6) is -1.18. The third kappa shape index (κ3) is 2.65. The first-order valence-electron chi connectivity index (χ1n) is 6.10. The van der Waals surface area contributed by atoms with Crippen LogP contribution < -0.4 is 5.32 Å². The highest BCUT2D eigenvalue weighted by atomic mass is 35.5. The van der Waals surface area contributed by atoms with Crippen molar-refractivity contribution in [3.8, 4) is 11.1 Å². The maximum atomic E-state index is 13.3. The third-order valence-corrected chi connectivity index (χ3v) is 3.49. The summed E-state index contributed by atoms with van der Waals surface area (Å²) in [5.41, 5.74) is 1.14. The van der Waals surface area contributed by atoms with Crippen LogP contribution in [0.3, 0.4) is 0 Å². The van der Waals surface area contributed by atoms with Crippen molar-refractivity contribution in [1.82, 2.24) is 5.32 Å². The van der Waals surface area contributed by atoms with Crippen LogP contribution in [0.5, 0.6) is 0 Å². The molecule has 0 atom stereocenters. The number of hydrogen-bond donors (Lipinski definition) is 1. The molecule has 1 aromatic heterocycles. The molecule has 0 amide bonds. The first-order valence-corrected chi connectivity index (χ1v) is 6.47. The van der Waals surface area contributed by atoms with Gasteiger partial charge in [-0.3, -0.25) is 0 Å². The zero-order valence-electron chi connectivity index (χ0n) is 10.1. The number of nitrogens with one attached hydrogen (secondary N) is 1. The quantitative estimate of drug-likeness (QED) is 0.854. The van der Waals surface area contributed by atoms with Crippen LogP contribution in [-0.2, 0) is 6.54 Å². The molecule has 100 valence electrons. The molecule has 0 bridgehead atoms. The van der Waals surface area contributed by atoms with Crippen LogP contribution in [0.4, 0.5) is 8.78 Å². The van der Waals surface area contributed by atoms with Crippen molar-refractivity contribution < 1.29 is 13.2 Å². The van der Waals surface area contributed by atoms with Gasteiger partial charge in [0.15, 0.2) is 11.6 Å². The van der Waals surface area contributed by atoms with Crippen molar-refractivity contribution in [2.45, 2.75) is 25.4 Å². The summed E-state index contributed by atoms with van der Waals surface area (Å²) in [6, 6.07) is 4.33. The van der Waals surface area contributed by atoms with Gasteiger partial charge in [0, 0.05) is 17.2 Å². The van der Waals surface area contributed by atoms with E-state index in [1.54, 1.807) is 6.07 Å². The normalized spacial score (nSPS) is 14.9. The van der Waals surface area contributed by atoms with E-state index in [-0.39, 0.29) is 5.02 Å². The van der Waals surface area contributed by atoms with Gasteiger partial charge in [-0.05, 0) is 31.0 Å². The molecule has 5 heteroatoms. The zero-order valence-corrected chi connectivity index (χ0v) is 10.8. The van der Waals surface area contributed by atoms with Crippen LogP contribution in [0.25, 0.3) is 11.1 Å². The van der Waals surface area contributed by atoms with E-state index in [9.17, 15) is 8.78 Å². The molecule has 0 aliphatic heterocycles. The van der Waals surface area contributed by atoms with E-state index in [4.69, 9.17) is 16.0 Å². The van der Waals surface area contributed by atoms with Gasteiger partial charge in [0.25, 0.3) is 0 Å². The molecule has 0 saturated heterocycles. The van der Waals surface area contributed by atoms with Gasteiger partial charge in [0.05, 0.1) is 17.8 Å². The average molecular weight is 284 g/mol. The fraction of sp³-hybridized carbons (Fsp3) is 0.286. The molecule has 1 aromatic carbocycles. The monoisotopic (exact) mass is 283 g/mol. The van der Waals surface area contributed by atoms with Crippen molar-refractivity contribution in [3.05, 3.63) is 46.9 Å². The molecule has 1 fully saturated rings. The summed E-state index contributed by atoms with van der Waals surface area (Å²) in [4.78, 5) is 0. The largest absolute Gasteiger partial charge is 0.467 e. The summed E-state index contributed by atoms with van der Waals surface area (Å²) in [7, 11) is 0. The van der Waals surface area contributed by atoms with Gasteiger partial charge in [0.1, 0.15) is 5.76 Å². The van der Waals surface area contributed by atoms with Gasteiger partial charge in [-0.15, -0.1) is 0 Å². The molecular weight excluding hydrogens is 272 g/mol. The highest BCUT2D eigenvalue weighted by Crippen LogP contribution is 2.33. The molecule has 19 heavy (non-hydrogen) atoms. The van der Waals surface area contributed by atoms with Crippen LogP contribution in [0.15, 0.2) is 28.9 Å². The lowest BCUT2D eigenvalue weighted by atomic mass is 10.1. The Hall–Kier alpha value is -1.39. The smallest absolute Gasteiger partial charge is 0.160 e. The maximum absolute atomic E-state index is 13.3. The lowest BCUT2D eigenvalue weighted by molar-refractivity contribution is 0.483. The van der Waals surface area contributed by atoms with E-state index in [1.807, 2.05) is 0 Å². The first kappa shape index (κ1) is 12.6. The van der Waals surface area contributed by atoms with E-state index in [1.165, 1.54) is 19.1 Å². The number of halogens is 3. The van der Waals surface area contributed by atoms with Crippen LogP contribution in [0.2, 0.25) is 5.02 Å². The zero-order chi connectivity index (χ0) is 13.4. The summed E-state index contributed by atoms with van der Waals surface area (Å²) < 4.78 is 31.8. The standard InChI is InChI=1S/C14H12ClF2NO/c15-11-6-13(17)12(16)5-10(11)9-3-4-19-14(9)7-18-8-1-2-8/h3-6,8,18H,1-2,7H2. The molecule has 1 N–H and O–H groups in total. The minimum absolute atomic E-state index is 0.174. The Morgan fingerprint density at radius 3 is 2.68 bits per heavy atom. The molecule has 1 saturated carbocycles. The van der Waals surface area contributed by atoms with Crippen molar-refractivity contribution in [2.24, 2.45) is 0 Å². The van der Waals surface area contributed by atoms with E-state index < -0.39 is 11.6 Å². The average Bonchev–Trinajstić information content (AvgIpc) is 3.09. The second-order valence-electron chi connectivity index (χ2n) is 4.66. The van der Waals surface area contributed by atoms with Crippen molar-refractivity contribution >= 4 is 11.6 Å². The Morgan fingerprint density at radius 1 is 1.21 bits per heavy atom. The Balaban J connectivity index is 1.92. The number of rotatable bonds is 4. The van der Waals surface area contributed by atoms with E-state index in [2.05, 4.69) is 5.32 Å². The molecule has 2 aromatic rings. The molecule has 1 aliphatic carbocycles. The molecular formula is C14H12ClF2NO. The highest BCUT2D eigenvalue weighted by molar-refractivity contribution is 6.33. The minimum atomic E-state index is -0.949. The Labute approximate surface area is 114 Å². The summed E-state index contributed by atoms with van der Waals surface area (Å²) in [5, 5.41) is 3.48. The van der Waals surface area contributed by atoms with Crippen molar-refractivity contribution in [1.29, 1.82) is 0 Å². The van der Waals surface area contributed by atoms with Crippen LogP contribution >= 0.6 is 11.6 Å². The third-order valence-electron chi connectivity index (χ3n) is 3.17. The van der Waals surface area contributed by atoms with Gasteiger partial charge in [-0.25, -0.2) is 8.78 Å². The fourth-order valence-corrected chi connectivity index (χ4v) is 2.22. The van der Waals surface area contributed by atoms with E-state index >= 15 is 0 Å². The number of benzene rings is 1. The topological polar surface area (TPSA) is 25.2 Å². The molecule has 2 nitrogen and oxygen atoms in total. The van der Waals surface area contributed by atoms with Crippen molar-refractivity contribution in [2.75, 3.05) is 0 Å². The SMILES string of the molecule is Fc1cc(Cl)c(-c2ccoc2CNC2CC2)cc1F. The molecule has 0 spiro atoms. The van der Waals surface area contributed by atoms with Gasteiger partial charge < -0.3 is 9.73 Å². The summed E-state index contributed by atoms with van der Waals surface area (Å²) in [6.45, 7) is 0.558. The minimum Gasteiger partial charge on any atom is -0.467 e. The van der Waals surface area contributed by atoms with Crippen molar-refractivity contribution in [3.63, 3.8) is 0 Å². The Kier molecular flexibility index (Phi) is 3.29. The fourth-order valence-electron chi connectivity index (χ4n) is 1.97. The first-order chi connectivity index (χ1) is 9.15. The predicted molar refractivity (Wildman–Crippen MR) is 68.9 cm³/mol. The second kappa shape index (κ2) is 4.94. The summed E-state index contributed by atoms with van der Waals surface area (Å²) in [6.07, 6.45) is 3.86. The van der Waals surface area contributed by atoms with Crippen LogP contribution in [0, 0.1) is 11.6 Å². The van der Waals surface area contributed by atoms with Gasteiger partial charge in [-0.2, -0.15) is 0 Å². The second-order valence-corrected chi connectivity index (χ2v) is 5.07. The molecule has 0 unspecified atom stereocenters. The molecule has 1 aliphatic rings. The van der Waals surface area contributed by atoms with Gasteiger partial charge in [0.2, 0.25) is 0 Å². The van der Waals surface area contributed by atoms with E-state index in [0.717, 1.165) is 12.1 Å². The maximum Gasteiger partial charge on any atom is 0.160 e. The number of furan rings is 1. The lowest BCUT2D eigenvalue weighted by Crippen LogP contribution is -2.15. The summed E-state index contributed by atoms with van der Waals surface area (Å²) >= 11 is 5.97. The van der Waals surface area contributed by atoms with Gasteiger partial charge >= 0.3 is 0 Å². The molecule has 0 radical (unpaired) electrons. The lowest BCUT2D eigenvalue weighted by Gasteiger charge is -2.07.